The summed E-state index contributed by atoms with van der Waals surface area (Å²) in [5.41, 5.74) is 0.883. The van der Waals surface area contributed by atoms with Gasteiger partial charge in [0.25, 0.3) is 0 Å². The smallest absolute Gasteiger partial charge is 0.245 e. The summed E-state index contributed by atoms with van der Waals surface area (Å²) >= 11 is 5.16. The molecule has 0 spiro atoms. The quantitative estimate of drug-likeness (QED) is 0.440. The first-order valence-electron chi connectivity index (χ1n) is 4.31. The Bertz CT molecular complexity index is 343. The Balaban J connectivity index is 2.60. The molecule has 0 unspecified atom stereocenters. The molecule has 80 valence electrons. The maximum atomic E-state index is 10.5. The van der Waals surface area contributed by atoms with E-state index in [1.54, 1.807) is 25.3 Å². The highest BCUT2D eigenvalue weighted by Gasteiger charge is 1.93. The average Bonchev–Trinajstić information content (AvgIpc) is 2.25. The molecule has 15 heavy (non-hydrogen) atoms. The van der Waals surface area contributed by atoms with Gasteiger partial charge in [-0.15, -0.1) is 0 Å². The van der Waals surface area contributed by atoms with Gasteiger partial charge in [-0.2, -0.15) is 0 Å². The van der Waals surface area contributed by atoms with Crippen LogP contribution in [0.1, 0.15) is 5.56 Å². The van der Waals surface area contributed by atoms with Crippen molar-refractivity contribution in [3.05, 3.63) is 35.9 Å². The summed E-state index contributed by atoms with van der Waals surface area (Å²) in [6.45, 7) is 0.218. The van der Waals surface area contributed by atoms with Crippen LogP contribution in [0.4, 0.5) is 0 Å². The Morgan fingerprint density at radius 2 is 2.07 bits per heavy atom. The van der Waals surface area contributed by atoms with Gasteiger partial charge in [-0.3, -0.25) is 4.79 Å². The highest BCUT2D eigenvalue weighted by molar-refractivity contribution is 6.66. The SMILES string of the molecule is COCOc1ccc(/C=C/C(=O)Cl)cc1. The molecule has 0 heterocycles. The second-order valence-corrected chi connectivity index (χ2v) is 3.13. The fourth-order valence-corrected chi connectivity index (χ4v) is 1.03. The maximum Gasteiger partial charge on any atom is 0.245 e. The largest absolute Gasteiger partial charge is 0.468 e. The molecule has 0 atom stereocenters. The Kier molecular flexibility index (Phi) is 4.87. The lowest BCUT2D eigenvalue weighted by Crippen LogP contribution is -1.98. The predicted octanol–water partition coefficient (Wildman–Crippen LogP) is 2.45. The Hall–Kier alpha value is -1.32. The number of halogens is 1. The van der Waals surface area contributed by atoms with E-state index in [4.69, 9.17) is 21.1 Å². The summed E-state index contributed by atoms with van der Waals surface area (Å²) in [4.78, 5) is 10.5. The Morgan fingerprint density at radius 1 is 1.40 bits per heavy atom. The van der Waals surface area contributed by atoms with Gasteiger partial charge >= 0.3 is 0 Å². The second-order valence-electron chi connectivity index (χ2n) is 2.76. The van der Waals surface area contributed by atoms with E-state index >= 15 is 0 Å². The number of hydrogen-bond acceptors (Lipinski definition) is 3. The maximum absolute atomic E-state index is 10.5. The molecule has 4 heteroatoms. The second kappa shape index (κ2) is 6.22. The molecule has 1 rings (SSSR count). The Morgan fingerprint density at radius 3 is 2.60 bits per heavy atom. The van der Waals surface area contributed by atoms with Gasteiger partial charge in [0.2, 0.25) is 5.24 Å². The highest BCUT2D eigenvalue weighted by Crippen LogP contribution is 2.13. The summed E-state index contributed by atoms with van der Waals surface area (Å²) in [5, 5.41) is -0.491. The number of carbonyl (C=O) groups is 1. The first kappa shape index (κ1) is 11.8. The van der Waals surface area contributed by atoms with Gasteiger partial charge in [0, 0.05) is 7.11 Å². The molecule has 0 N–H and O–H groups in total. The number of carbonyl (C=O) groups excluding carboxylic acids is 1. The van der Waals surface area contributed by atoms with Crippen LogP contribution in [0, 0.1) is 0 Å². The van der Waals surface area contributed by atoms with E-state index in [0.29, 0.717) is 5.75 Å². The molecule has 0 radical (unpaired) electrons. The van der Waals surface area contributed by atoms with Crippen molar-refractivity contribution < 1.29 is 14.3 Å². The number of benzene rings is 1. The van der Waals surface area contributed by atoms with Gasteiger partial charge in [-0.05, 0) is 35.4 Å². The zero-order chi connectivity index (χ0) is 11.1. The summed E-state index contributed by atoms with van der Waals surface area (Å²) < 4.78 is 9.95. The van der Waals surface area contributed by atoms with Crippen LogP contribution in [0.2, 0.25) is 0 Å². The third-order valence-corrected chi connectivity index (χ3v) is 1.76. The van der Waals surface area contributed by atoms with Gasteiger partial charge in [-0.1, -0.05) is 18.2 Å². The van der Waals surface area contributed by atoms with Crippen molar-refractivity contribution in [2.45, 2.75) is 0 Å². The molecular weight excluding hydrogens is 216 g/mol. The molecule has 0 aliphatic heterocycles. The minimum Gasteiger partial charge on any atom is -0.468 e. The lowest BCUT2D eigenvalue weighted by Gasteiger charge is -2.03. The molecule has 0 aliphatic carbocycles. The van der Waals surface area contributed by atoms with E-state index in [0.717, 1.165) is 5.56 Å². The summed E-state index contributed by atoms with van der Waals surface area (Å²) in [7, 11) is 1.56. The fraction of sp³-hybridized carbons (Fsp3) is 0.182. The molecule has 0 saturated carbocycles. The van der Waals surface area contributed by atoms with Gasteiger partial charge in [0.15, 0.2) is 6.79 Å². The van der Waals surface area contributed by atoms with Crippen LogP contribution < -0.4 is 4.74 Å². The lowest BCUT2D eigenvalue weighted by atomic mass is 10.2. The number of rotatable bonds is 5. The van der Waals surface area contributed by atoms with Crippen LogP contribution in [0.25, 0.3) is 6.08 Å². The van der Waals surface area contributed by atoms with Crippen molar-refractivity contribution in [1.82, 2.24) is 0 Å². The molecule has 0 bridgehead atoms. The van der Waals surface area contributed by atoms with E-state index in [-0.39, 0.29) is 6.79 Å². The lowest BCUT2D eigenvalue weighted by molar-refractivity contribution is -0.107. The molecule has 0 fully saturated rings. The molecule has 0 amide bonds. The molecule has 0 aliphatic rings. The van der Waals surface area contributed by atoms with Crippen molar-refractivity contribution in [3.8, 4) is 5.75 Å². The number of methoxy groups -OCH3 is 1. The van der Waals surface area contributed by atoms with Crippen molar-refractivity contribution in [3.63, 3.8) is 0 Å². The van der Waals surface area contributed by atoms with Crippen LogP contribution in [-0.4, -0.2) is 19.1 Å². The number of hydrogen-bond donors (Lipinski definition) is 0. The van der Waals surface area contributed by atoms with Crippen molar-refractivity contribution in [1.29, 1.82) is 0 Å². The van der Waals surface area contributed by atoms with Gasteiger partial charge < -0.3 is 9.47 Å². The summed E-state index contributed by atoms with van der Waals surface area (Å²) in [6, 6.07) is 7.22. The third-order valence-electron chi connectivity index (χ3n) is 1.63. The average molecular weight is 227 g/mol. The van der Waals surface area contributed by atoms with Gasteiger partial charge in [-0.25, -0.2) is 0 Å². The van der Waals surface area contributed by atoms with Crippen LogP contribution in [0.5, 0.6) is 5.75 Å². The number of allylic oxidation sites excluding steroid dienone is 1. The monoisotopic (exact) mass is 226 g/mol. The minimum atomic E-state index is -0.491. The fourth-order valence-electron chi connectivity index (χ4n) is 0.964. The van der Waals surface area contributed by atoms with Crippen LogP contribution in [-0.2, 0) is 9.53 Å². The first-order valence-corrected chi connectivity index (χ1v) is 4.69. The number of ether oxygens (including phenoxy) is 2. The zero-order valence-corrected chi connectivity index (χ0v) is 9.03. The van der Waals surface area contributed by atoms with Crippen molar-refractivity contribution in [2.24, 2.45) is 0 Å². The van der Waals surface area contributed by atoms with Crippen LogP contribution in [0.15, 0.2) is 30.3 Å². The minimum absolute atomic E-state index is 0.218. The van der Waals surface area contributed by atoms with Gasteiger partial charge in [0.1, 0.15) is 5.75 Å². The standard InChI is InChI=1S/C11H11ClO3/c1-14-8-15-10-5-2-9(3-6-10)4-7-11(12)13/h2-7H,8H2,1H3/b7-4+. The van der Waals surface area contributed by atoms with E-state index in [1.807, 2.05) is 12.1 Å². The molecule has 0 saturated heterocycles. The topological polar surface area (TPSA) is 35.5 Å². The molecule has 3 nitrogen and oxygen atoms in total. The van der Waals surface area contributed by atoms with Crippen LogP contribution in [0.3, 0.4) is 0 Å². The van der Waals surface area contributed by atoms with E-state index in [1.165, 1.54) is 6.08 Å². The normalized spacial score (nSPS) is 10.5. The summed E-state index contributed by atoms with van der Waals surface area (Å²) in [6.07, 6.45) is 2.93. The van der Waals surface area contributed by atoms with Crippen molar-refractivity contribution >= 4 is 22.9 Å². The highest BCUT2D eigenvalue weighted by atomic mass is 35.5. The summed E-state index contributed by atoms with van der Waals surface area (Å²) in [5.74, 6) is 0.714. The predicted molar refractivity (Wildman–Crippen MR) is 58.8 cm³/mol. The molecule has 1 aromatic rings. The first-order chi connectivity index (χ1) is 7.22. The van der Waals surface area contributed by atoms with E-state index < -0.39 is 5.24 Å². The zero-order valence-electron chi connectivity index (χ0n) is 8.27. The van der Waals surface area contributed by atoms with E-state index in [2.05, 4.69) is 0 Å². The molecular formula is C11H11ClO3. The molecule has 0 aromatic heterocycles. The third kappa shape index (κ3) is 4.63. The van der Waals surface area contributed by atoms with E-state index in [9.17, 15) is 4.79 Å². The van der Waals surface area contributed by atoms with Crippen LogP contribution >= 0.6 is 11.6 Å². The Labute approximate surface area is 93.3 Å². The molecule has 1 aromatic carbocycles. The van der Waals surface area contributed by atoms with Crippen molar-refractivity contribution in [2.75, 3.05) is 13.9 Å². The van der Waals surface area contributed by atoms with Gasteiger partial charge in [0.05, 0.1) is 0 Å².